The van der Waals surface area contributed by atoms with Crippen LogP contribution in [0.25, 0.3) is 0 Å². The summed E-state index contributed by atoms with van der Waals surface area (Å²) in [5.41, 5.74) is 2.46. The van der Waals surface area contributed by atoms with Gasteiger partial charge in [-0.05, 0) is 56.0 Å². The van der Waals surface area contributed by atoms with Crippen molar-refractivity contribution in [2.75, 3.05) is 13.1 Å². The molecule has 0 amide bonds. The van der Waals surface area contributed by atoms with E-state index in [2.05, 4.69) is 45.4 Å². The molecule has 0 atom stereocenters. The molecule has 0 unspecified atom stereocenters. The lowest BCUT2D eigenvalue weighted by Crippen LogP contribution is -2.34. The smallest absolute Gasteiger partial charge is 0.151 e. The first-order valence-electron chi connectivity index (χ1n) is 7.54. The monoisotopic (exact) mass is 301 g/mol. The highest BCUT2D eigenvalue weighted by Gasteiger charge is 2.19. The number of piperidine rings is 1. The highest BCUT2D eigenvalue weighted by atomic mass is 35.5. The van der Waals surface area contributed by atoms with Gasteiger partial charge in [0.2, 0.25) is 0 Å². The third-order valence-corrected chi connectivity index (χ3v) is 4.35. The van der Waals surface area contributed by atoms with Crippen LogP contribution in [-0.2, 0) is 13.0 Å². The highest BCUT2D eigenvalue weighted by molar-refractivity contribution is 6.29. The molecule has 4 heteroatoms. The van der Waals surface area contributed by atoms with E-state index in [4.69, 9.17) is 11.6 Å². The van der Waals surface area contributed by atoms with Gasteiger partial charge >= 0.3 is 0 Å². The Balaban J connectivity index is 1.47. The third-order valence-electron chi connectivity index (χ3n) is 4.15. The zero-order valence-corrected chi connectivity index (χ0v) is 12.8. The minimum absolute atomic E-state index is 0.459. The molecule has 110 valence electrons. The molecule has 3 rings (SSSR count). The van der Waals surface area contributed by atoms with Crippen LogP contribution in [0.4, 0.5) is 0 Å². The number of hydrogen-bond acceptors (Lipinski definition) is 3. The van der Waals surface area contributed by atoms with E-state index in [-0.39, 0.29) is 0 Å². The standard InChI is InChI=1S/C17H20ClN3/c18-17-7-6-16(19-20-17)13-21-10-8-15(9-11-21)12-14-4-2-1-3-5-14/h1-7,15H,8-13H2. The molecule has 0 N–H and O–H groups in total. The van der Waals surface area contributed by atoms with Crippen LogP contribution in [0.2, 0.25) is 5.15 Å². The average molecular weight is 302 g/mol. The Labute approximate surface area is 131 Å². The summed E-state index contributed by atoms with van der Waals surface area (Å²) in [4.78, 5) is 2.46. The predicted molar refractivity (Wildman–Crippen MR) is 85.2 cm³/mol. The van der Waals surface area contributed by atoms with Crippen molar-refractivity contribution in [1.29, 1.82) is 0 Å². The summed E-state index contributed by atoms with van der Waals surface area (Å²) >= 11 is 5.76. The Morgan fingerprint density at radius 3 is 2.43 bits per heavy atom. The summed E-state index contributed by atoms with van der Waals surface area (Å²) in [7, 11) is 0. The van der Waals surface area contributed by atoms with Crippen LogP contribution in [0.1, 0.15) is 24.1 Å². The molecule has 1 aliphatic rings. The number of likely N-dealkylation sites (tertiary alicyclic amines) is 1. The Morgan fingerprint density at radius 1 is 1.00 bits per heavy atom. The van der Waals surface area contributed by atoms with Gasteiger partial charge in [0, 0.05) is 6.54 Å². The second-order valence-corrected chi connectivity index (χ2v) is 6.14. The second kappa shape index (κ2) is 7.01. The molecule has 0 saturated carbocycles. The van der Waals surface area contributed by atoms with Gasteiger partial charge in [0.15, 0.2) is 5.15 Å². The lowest BCUT2D eigenvalue weighted by atomic mass is 9.90. The van der Waals surface area contributed by atoms with Crippen molar-refractivity contribution in [2.45, 2.75) is 25.8 Å². The summed E-state index contributed by atoms with van der Waals surface area (Å²) in [6, 6.07) is 14.6. The molecule has 2 aromatic rings. The first-order chi connectivity index (χ1) is 10.3. The normalized spacial score (nSPS) is 17.0. The molecule has 3 nitrogen and oxygen atoms in total. The Bertz CT molecular complexity index is 548. The summed E-state index contributed by atoms with van der Waals surface area (Å²) in [6.45, 7) is 3.16. The Morgan fingerprint density at radius 2 is 1.76 bits per heavy atom. The second-order valence-electron chi connectivity index (χ2n) is 5.76. The quantitative estimate of drug-likeness (QED) is 0.864. The maximum Gasteiger partial charge on any atom is 0.151 e. The highest BCUT2D eigenvalue weighted by Crippen LogP contribution is 2.22. The van der Waals surface area contributed by atoms with Crippen molar-refractivity contribution in [2.24, 2.45) is 5.92 Å². The van der Waals surface area contributed by atoms with Crippen molar-refractivity contribution in [3.63, 3.8) is 0 Å². The van der Waals surface area contributed by atoms with Gasteiger partial charge in [0.25, 0.3) is 0 Å². The van der Waals surface area contributed by atoms with Crippen LogP contribution in [0.5, 0.6) is 0 Å². The number of halogens is 1. The van der Waals surface area contributed by atoms with Gasteiger partial charge in [-0.25, -0.2) is 0 Å². The average Bonchev–Trinajstić information content (AvgIpc) is 2.53. The molecule has 0 radical (unpaired) electrons. The fraction of sp³-hybridized carbons (Fsp3) is 0.412. The number of hydrogen-bond donors (Lipinski definition) is 0. The third kappa shape index (κ3) is 4.26. The van der Waals surface area contributed by atoms with E-state index in [0.717, 1.165) is 31.2 Å². The van der Waals surface area contributed by atoms with Gasteiger partial charge in [-0.2, -0.15) is 5.10 Å². The van der Waals surface area contributed by atoms with Crippen molar-refractivity contribution in [3.8, 4) is 0 Å². The van der Waals surface area contributed by atoms with Crippen LogP contribution in [0.3, 0.4) is 0 Å². The summed E-state index contributed by atoms with van der Waals surface area (Å²) in [5, 5.41) is 8.50. The topological polar surface area (TPSA) is 29.0 Å². The number of nitrogens with zero attached hydrogens (tertiary/aromatic N) is 3. The van der Waals surface area contributed by atoms with Crippen molar-refractivity contribution >= 4 is 11.6 Å². The fourth-order valence-electron chi connectivity index (χ4n) is 2.95. The van der Waals surface area contributed by atoms with E-state index < -0.39 is 0 Å². The van der Waals surface area contributed by atoms with Gasteiger partial charge in [0.1, 0.15) is 0 Å². The first-order valence-corrected chi connectivity index (χ1v) is 7.92. The minimum Gasteiger partial charge on any atom is -0.297 e. The maximum atomic E-state index is 5.76. The van der Waals surface area contributed by atoms with E-state index in [1.807, 2.05) is 12.1 Å². The van der Waals surface area contributed by atoms with E-state index in [1.165, 1.54) is 24.8 Å². The van der Waals surface area contributed by atoms with Crippen LogP contribution in [-0.4, -0.2) is 28.2 Å². The zero-order valence-electron chi connectivity index (χ0n) is 12.1. The predicted octanol–water partition coefficient (Wildman–Crippen LogP) is 3.58. The maximum absolute atomic E-state index is 5.76. The number of aromatic nitrogens is 2. The largest absolute Gasteiger partial charge is 0.297 e. The van der Waals surface area contributed by atoms with Crippen molar-refractivity contribution in [3.05, 3.63) is 58.9 Å². The summed E-state index contributed by atoms with van der Waals surface area (Å²) in [5.74, 6) is 0.806. The van der Waals surface area contributed by atoms with Gasteiger partial charge < -0.3 is 0 Å². The molecule has 0 spiro atoms. The Hall–Kier alpha value is -1.45. The van der Waals surface area contributed by atoms with Gasteiger partial charge in [0.05, 0.1) is 5.69 Å². The van der Waals surface area contributed by atoms with Crippen LogP contribution in [0.15, 0.2) is 42.5 Å². The van der Waals surface area contributed by atoms with E-state index in [0.29, 0.717) is 5.15 Å². The van der Waals surface area contributed by atoms with Crippen molar-refractivity contribution in [1.82, 2.24) is 15.1 Å². The van der Waals surface area contributed by atoms with Crippen LogP contribution in [0, 0.1) is 5.92 Å². The lowest BCUT2D eigenvalue weighted by Gasteiger charge is -2.31. The van der Waals surface area contributed by atoms with Crippen LogP contribution >= 0.6 is 11.6 Å². The van der Waals surface area contributed by atoms with Crippen LogP contribution < -0.4 is 0 Å². The first kappa shape index (κ1) is 14.5. The SMILES string of the molecule is Clc1ccc(CN2CCC(Cc3ccccc3)CC2)nn1. The number of benzene rings is 1. The molecule has 1 aliphatic heterocycles. The van der Waals surface area contributed by atoms with E-state index >= 15 is 0 Å². The molecule has 0 bridgehead atoms. The molecule has 1 aromatic heterocycles. The van der Waals surface area contributed by atoms with E-state index in [1.54, 1.807) is 0 Å². The lowest BCUT2D eigenvalue weighted by molar-refractivity contribution is 0.175. The summed E-state index contributed by atoms with van der Waals surface area (Å²) < 4.78 is 0. The van der Waals surface area contributed by atoms with Gasteiger partial charge in [-0.1, -0.05) is 41.9 Å². The Kier molecular flexibility index (Phi) is 4.84. The molecular weight excluding hydrogens is 282 g/mol. The number of rotatable bonds is 4. The molecule has 1 aromatic carbocycles. The van der Waals surface area contributed by atoms with Crippen molar-refractivity contribution < 1.29 is 0 Å². The molecule has 0 aliphatic carbocycles. The minimum atomic E-state index is 0.459. The van der Waals surface area contributed by atoms with Gasteiger partial charge in [-0.15, -0.1) is 5.10 Å². The molecular formula is C17H20ClN3. The van der Waals surface area contributed by atoms with E-state index in [9.17, 15) is 0 Å². The summed E-state index contributed by atoms with van der Waals surface area (Å²) in [6.07, 6.45) is 3.72. The van der Waals surface area contributed by atoms with Gasteiger partial charge in [-0.3, -0.25) is 4.90 Å². The zero-order chi connectivity index (χ0) is 14.5. The molecule has 1 fully saturated rings. The molecule has 2 heterocycles. The molecule has 21 heavy (non-hydrogen) atoms. The molecule has 1 saturated heterocycles. The fourth-order valence-corrected chi connectivity index (χ4v) is 3.05.